The fourth-order valence-electron chi connectivity index (χ4n) is 2.49. The van der Waals surface area contributed by atoms with E-state index in [4.69, 9.17) is 26.4 Å². The van der Waals surface area contributed by atoms with Crippen LogP contribution in [0.4, 0.5) is 0 Å². The maximum absolute atomic E-state index is 6.00. The molecule has 0 spiro atoms. The highest BCUT2D eigenvalue weighted by Gasteiger charge is 2.28. The number of rotatable bonds is 6. The highest BCUT2D eigenvalue weighted by molar-refractivity contribution is 7.80. The van der Waals surface area contributed by atoms with Crippen molar-refractivity contribution >= 4 is 17.2 Å². The highest BCUT2D eigenvalue weighted by atomic mass is 32.1. The third-order valence-corrected chi connectivity index (χ3v) is 4.38. The quantitative estimate of drug-likeness (QED) is 0.806. The molecule has 1 aliphatic heterocycles. The second kappa shape index (κ2) is 7.76. The monoisotopic (exact) mass is 324 g/mol. The Hall–Kier alpha value is -1.37. The van der Waals surface area contributed by atoms with E-state index in [0.717, 1.165) is 35.0 Å². The molecule has 1 aromatic rings. The van der Waals surface area contributed by atoms with Crippen LogP contribution in [0.25, 0.3) is 0 Å². The summed E-state index contributed by atoms with van der Waals surface area (Å²) in [4.78, 5) is 2.90. The zero-order valence-corrected chi connectivity index (χ0v) is 14.4. The molecule has 1 aliphatic rings. The topological polar surface area (TPSA) is 43.0 Å². The van der Waals surface area contributed by atoms with Crippen LogP contribution >= 0.6 is 12.2 Å². The predicted octanol–water partition coefficient (Wildman–Crippen LogP) is 1.84. The summed E-state index contributed by atoms with van der Waals surface area (Å²) in [7, 11) is 7.24. The molecule has 0 unspecified atom stereocenters. The minimum Gasteiger partial charge on any atom is -0.497 e. The SMILES string of the molecule is COc1cc(CO[C@H]2CN[C@H](C(=S)N(C)C)C2)cc(OC)c1. The van der Waals surface area contributed by atoms with Crippen LogP contribution in [0, 0.1) is 0 Å². The van der Waals surface area contributed by atoms with Gasteiger partial charge in [-0.25, -0.2) is 0 Å². The molecule has 5 nitrogen and oxygen atoms in total. The van der Waals surface area contributed by atoms with E-state index >= 15 is 0 Å². The fourth-order valence-corrected chi connectivity index (χ4v) is 2.67. The molecule has 2 atom stereocenters. The summed E-state index contributed by atoms with van der Waals surface area (Å²) >= 11 is 5.41. The molecule has 0 amide bonds. The minimum absolute atomic E-state index is 0.167. The molecular weight excluding hydrogens is 300 g/mol. The van der Waals surface area contributed by atoms with Gasteiger partial charge in [0.1, 0.15) is 11.5 Å². The lowest BCUT2D eigenvalue weighted by Crippen LogP contribution is -2.38. The van der Waals surface area contributed by atoms with Crippen molar-refractivity contribution < 1.29 is 14.2 Å². The van der Waals surface area contributed by atoms with Gasteiger partial charge in [-0.05, 0) is 24.1 Å². The number of thiocarbonyl (C=S) groups is 1. The maximum atomic E-state index is 6.00. The lowest BCUT2D eigenvalue weighted by Gasteiger charge is -2.19. The Morgan fingerprint density at radius 1 is 1.23 bits per heavy atom. The van der Waals surface area contributed by atoms with Gasteiger partial charge in [-0.1, -0.05) is 12.2 Å². The van der Waals surface area contributed by atoms with Crippen LogP contribution in [0.1, 0.15) is 12.0 Å². The second-order valence-electron chi connectivity index (χ2n) is 5.58. The van der Waals surface area contributed by atoms with E-state index in [1.54, 1.807) is 14.2 Å². The first-order valence-electron chi connectivity index (χ1n) is 7.31. The van der Waals surface area contributed by atoms with E-state index in [0.29, 0.717) is 6.61 Å². The third-order valence-electron chi connectivity index (χ3n) is 3.73. The van der Waals surface area contributed by atoms with Crippen LogP contribution in [-0.4, -0.2) is 56.9 Å². The van der Waals surface area contributed by atoms with E-state index < -0.39 is 0 Å². The third kappa shape index (κ3) is 4.32. The van der Waals surface area contributed by atoms with Crippen molar-refractivity contribution in [3.05, 3.63) is 23.8 Å². The number of benzene rings is 1. The van der Waals surface area contributed by atoms with E-state index in [1.165, 1.54) is 0 Å². The van der Waals surface area contributed by atoms with Crippen LogP contribution in [0.5, 0.6) is 11.5 Å². The largest absolute Gasteiger partial charge is 0.497 e. The van der Waals surface area contributed by atoms with Gasteiger partial charge in [-0.3, -0.25) is 0 Å². The van der Waals surface area contributed by atoms with Gasteiger partial charge in [0.2, 0.25) is 0 Å². The van der Waals surface area contributed by atoms with E-state index in [2.05, 4.69) is 5.32 Å². The molecule has 0 bridgehead atoms. The van der Waals surface area contributed by atoms with Crippen molar-refractivity contribution in [2.45, 2.75) is 25.2 Å². The molecule has 6 heteroatoms. The zero-order chi connectivity index (χ0) is 16.1. The molecule has 22 heavy (non-hydrogen) atoms. The van der Waals surface area contributed by atoms with Gasteiger partial charge in [0, 0.05) is 26.7 Å². The molecule has 1 N–H and O–H groups in total. The van der Waals surface area contributed by atoms with Crippen molar-refractivity contribution in [3.63, 3.8) is 0 Å². The molecule has 1 heterocycles. The zero-order valence-electron chi connectivity index (χ0n) is 13.6. The summed E-state index contributed by atoms with van der Waals surface area (Å²) in [5.41, 5.74) is 1.04. The number of methoxy groups -OCH3 is 2. The van der Waals surface area contributed by atoms with Gasteiger partial charge in [0.15, 0.2) is 0 Å². The van der Waals surface area contributed by atoms with Crippen molar-refractivity contribution in [3.8, 4) is 11.5 Å². The molecule has 0 aliphatic carbocycles. The Bertz CT molecular complexity index is 500. The molecule has 0 radical (unpaired) electrons. The lowest BCUT2D eigenvalue weighted by atomic mass is 10.2. The van der Waals surface area contributed by atoms with Crippen molar-refractivity contribution in [2.75, 3.05) is 34.9 Å². The summed E-state index contributed by atoms with van der Waals surface area (Å²) < 4.78 is 16.5. The lowest BCUT2D eigenvalue weighted by molar-refractivity contribution is 0.0532. The molecule has 1 aromatic carbocycles. The Kier molecular flexibility index (Phi) is 5.99. The van der Waals surface area contributed by atoms with Gasteiger partial charge in [-0.15, -0.1) is 0 Å². The normalized spacial score (nSPS) is 20.7. The molecule has 1 fully saturated rings. The molecule has 122 valence electrons. The van der Waals surface area contributed by atoms with Gasteiger partial charge < -0.3 is 24.4 Å². The molecular formula is C16H24N2O3S. The number of nitrogens with one attached hydrogen (secondary N) is 1. The van der Waals surface area contributed by atoms with Crippen molar-refractivity contribution in [1.29, 1.82) is 0 Å². The Labute approximate surface area is 137 Å². The Balaban J connectivity index is 1.90. The van der Waals surface area contributed by atoms with Gasteiger partial charge in [0.25, 0.3) is 0 Å². The first kappa shape index (κ1) is 17.0. The number of nitrogens with zero attached hydrogens (tertiary/aromatic N) is 1. The van der Waals surface area contributed by atoms with E-state index in [1.807, 2.05) is 37.2 Å². The molecule has 0 saturated carbocycles. The summed E-state index contributed by atoms with van der Waals surface area (Å²) in [5, 5.41) is 3.41. The van der Waals surface area contributed by atoms with Crippen LogP contribution in [0.15, 0.2) is 18.2 Å². The van der Waals surface area contributed by atoms with Crippen LogP contribution in [0.3, 0.4) is 0 Å². The Morgan fingerprint density at radius 3 is 2.41 bits per heavy atom. The van der Waals surface area contributed by atoms with Crippen LogP contribution in [-0.2, 0) is 11.3 Å². The van der Waals surface area contributed by atoms with Crippen molar-refractivity contribution in [1.82, 2.24) is 10.2 Å². The first-order valence-corrected chi connectivity index (χ1v) is 7.72. The predicted molar refractivity (Wildman–Crippen MR) is 90.8 cm³/mol. The van der Waals surface area contributed by atoms with E-state index in [9.17, 15) is 0 Å². The number of ether oxygens (including phenoxy) is 3. The molecule has 0 aromatic heterocycles. The summed E-state index contributed by atoms with van der Waals surface area (Å²) in [6.45, 7) is 1.35. The summed E-state index contributed by atoms with van der Waals surface area (Å²) in [6.07, 6.45) is 1.07. The van der Waals surface area contributed by atoms with Crippen LogP contribution < -0.4 is 14.8 Å². The van der Waals surface area contributed by atoms with E-state index in [-0.39, 0.29) is 12.1 Å². The average Bonchev–Trinajstić information content (AvgIpc) is 3.00. The minimum atomic E-state index is 0.167. The number of likely N-dealkylation sites (N-methyl/N-ethyl adjacent to an activating group) is 1. The van der Waals surface area contributed by atoms with Gasteiger partial charge in [-0.2, -0.15) is 0 Å². The average molecular weight is 324 g/mol. The first-order chi connectivity index (χ1) is 10.5. The fraction of sp³-hybridized carbons (Fsp3) is 0.562. The number of hydrogen-bond acceptors (Lipinski definition) is 5. The number of hydrogen-bond donors (Lipinski definition) is 1. The van der Waals surface area contributed by atoms with Crippen molar-refractivity contribution in [2.24, 2.45) is 0 Å². The van der Waals surface area contributed by atoms with Gasteiger partial charge >= 0.3 is 0 Å². The highest BCUT2D eigenvalue weighted by Crippen LogP contribution is 2.24. The molecule has 1 saturated heterocycles. The Morgan fingerprint density at radius 2 is 1.86 bits per heavy atom. The smallest absolute Gasteiger partial charge is 0.122 e. The van der Waals surface area contributed by atoms with Crippen LogP contribution in [0.2, 0.25) is 0 Å². The standard InChI is InChI=1S/C16H24N2O3S/c1-18(2)16(22)15-8-14(9-17-15)21-10-11-5-12(19-3)7-13(6-11)20-4/h5-7,14-15,17H,8-10H2,1-4H3/t14-,15+/m1/s1. The van der Waals surface area contributed by atoms with Gasteiger partial charge in [0.05, 0.1) is 38.0 Å². The molecule has 2 rings (SSSR count). The maximum Gasteiger partial charge on any atom is 0.122 e. The second-order valence-corrected chi connectivity index (χ2v) is 6.00. The summed E-state index contributed by atoms with van der Waals surface area (Å²) in [5.74, 6) is 1.54. The summed E-state index contributed by atoms with van der Waals surface area (Å²) in [6, 6.07) is 6.00.